The zero-order chi connectivity index (χ0) is 23.7. The number of rotatable bonds is 5. The first-order valence-electron chi connectivity index (χ1n) is 11.8. The third-order valence-corrected chi connectivity index (χ3v) is 6.67. The zero-order valence-corrected chi connectivity index (χ0v) is 19.6. The minimum absolute atomic E-state index is 0.0659. The molecule has 1 aliphatic rings. The van der Waals surface area contributed by atoms with Crippen LogP contribution < -0.4 is 20.9 Å². The van der Waals surface area contributed by atoms with Gasteiger partial charge in [0.15, 0.2) is 0 Å². The molecule has 1 fully saturated rings. The molecule has 1 aliphatic carbocycles. The van der Waals surface area contributed by atoms with Gasteiger partial charge in [-0.05, 0) is 49.3 Å². The molecule has 0 bridgehead atoms. The molecule has 0 atom stereocenters. The van der Waals surface area contributed by atoms with Crippen LogP contribution in [0.4, 0.5) is 22.2 Å². The van der Waals surface area contributed by atoms with E-state index in [1.807, 2.05) is 73.6 Å². The van der Waals surface area contributed by atoms with Crippen LogP contribution in [0.25, 0.3) is 21.7 Å². The van der Waals surface area contributed by atoms with Crippen molar-refractivity contribution in [2.45, 2.75) is 37.8 Å². The molecule has 0 saturated heterocycles. The fourth-order valence-electron chi connectivity index (χ4n) is 5.04. The van der Waals surface area contributed by atoms with Gasteiger partial charge in [-0.25, -0.2) is 9.78 Å². The Labute approximate surface area is 199 Å². The number of anilines is 3. The summed E-state index contributed by atoms with van der Waals surface area (Å²) in [4.78, 5) is 25.9. The Morgan fingerprint density at radius 3 is 2.29 bits per heavy atom. The van der Waals surface area contributed by atoms with Crippen molar-refractivity contribution in [3.05, 3.63) is 66.7 Å². The van der Waals surface area contributed by atoms with Crippen molar-refractivity contribution in [3.8, 4) is 0 Å². The molecule has 0 aliphatic heterocycles. The van der Waals surface area contributed by atoms with Gasteiger partial charge in [-0.1, -0.05) is 48.5 Å². The average Bonchev–Trinajstić information content (AvgIpc) is 2.84. The lowest BCUT2D eigenvalue weighted by Crippen LogP contribution is -2.47. The van der Waals surface area contributed by atoms with Gasteiger partial charge < -0.3 is 16.0 Å². The van der Waals surface area contributed by atoms with Crippen LogP contribution in [-0.2, 0) is 0 Å². The highest BCUT2D eigenvalue weighted by atomic mass is 16.2. The molecule has 7 nitrogen and oxygen atoms in total. The average molecular weight is 455 g/mol. The third-order valence-electron chi connectivity index (χ3n) is 6.67. The standard InChI is InChI=1S/C27H30N6O/c1-32(2)25-22-11-5-6-12-23(22)30-27(31-25)29-19-14-16-20(17-15-19)33(26(28)34)24-13-7-9-18-8-3-4-10-21(18)24/h3-13,19-20H,14-17H2,1-2H3,(H2,28,34)(H,29,30,31). The van der Waals surface area contributed by atoms with Crippen LogP contribution in [0, 0.1) is 0 Å². The van der Waals surface area contributed by atoms with Crippen molar-refractivity contribution in [1.29, 1.82) is 0 Å². The Morgan fingerprint density at radius 1 is 0.882 bits per heavy atom. The maximum absolute atomic E-state index is 12.5. The number of benzene rings is 3. The predicted octanol–water partition coefficient (Wildman–Crippen LogP) is 5.16. The minimum Gasteiger partial charge on any atom is -0.362 e. The summed E-state index contributed by atoms with van der Waals surface area (Å²) in [6, 6.07) is 22.1. The van der Waals surface area contributed by atoms with Gasteiger partial charge in [0.1, 0.15) is 5.82 Å². The summed E-state index contributed by atoms with van der Waals surface area (Å²) in [5.41, 5.74) is 7.70. The number of nitrogens with one attached hydrogen (secondary N) is 1. The smallest absolute Gasteiger partial charge is 0.319 e. The van der Waals surface area contributed by atoms with Crippen LogP contribution in [0.3, 0.4) is 0 Å². The zero-order valence-electron chi connectivity index (χ0n) is 19.6. The van der Waals surface area contributed by atoms with Gasteiger partial charge in [-0.15, -0.1) is 0 Å². The second-order valence-corrected chi connectivity index (χ2v) is 9.14. The maximum atomic E-state index is 12.5. The fraction of sp³-hybridized carbons (Fsp3) is 0.296. The molecular formula is C27H30N6O. The number of amides is 2. The molecule has 4 aromatic rings. The van der Waals surface area contributed by atoms with Gasteiger partial charge in [-0.2, -0.15) is 4.98 Å². The van der Waals surface area contributed by atoms with Gasteiger partial charge in [0.25, 0.3) is 0 Å². The van der Waals surface area contributed by atoms with Crippen LogP contribution >= 0.6 is 0 Å². The number of nitrogens with two attached hydrogens (primary N) is 1. The molecule has 2 amide bonds. The molecule has 0 unspecified atom stereocenters. The van der Waals surface area contributed by atoms with Crippen LogP contribution in [0.5, 0.6) is 0 Å². The molecule has 1 saturated carbocycles. The predicted molar refractivity (Wildman–Crippen MR) is 140 cm³/mol. The van der Waals surface area contributed by atoms with E-state index in [0.717, 1.165) is 58.9 Å². The summed E-state index contributed by atoms with van der Waals surface area (Å²) >= 11 is 0. The van der Waals surface area contributed by atoms with Gasteiger partial charge in [-0.3, -0.25) is 4.90 Å². The van der Waals surface area contributed by atoms with Crippen molar-refractivity contribution >= 4 is 45.2 Å². The second kappa shape index (κ2) is 9.17. The van der Waals surface area contributed by atoms with E-state index in [9.17, 15) is 4.79 Å². The molecule has 7 heteroatoms. The number of nitrogens with zero attached hydrogens (tertiary/aromatic N) is 4. The molecule has 3 aromatic carbocycles. The quantitative estimate of drug-likeness (QED) is 0.435. The van der Waals surface area contributed by atoms with E-state index in [2.05, 4.69) is 17.4 Å². The highest BCUT2D eigenvalue weighted by Crippen LogP contribution is 2.33. The first kappa shape index (κ1) is 21.9. The lowest BCUT2D eigenvalue weighted by molar-refractivity contribution is 0.248. The summed E-state index contributed by atoms with van der Waals surface area (Å²) < 4.78 is 0. The minimum atomic E-state index is -0.402. The molecule has 1 aromatic heterocycles. The number of fused-ring (bicyclic) bond motifs is 2. The Balaban J connectivity index is 1.34. The van der Waals surface area contributed by atoms with Crippen LogP contribution in [-0.4, -0.2) is 42.2 Å². The van der Waals surface area contributed by atoms with Gasteiger partial charge >= 0.3 is 6.03 Å². The monoisotopic (exact) mass is 454 g/mol. The molecule has 34 heavy (non-hydrogen) atoms. The third kappa shape index (κ3) is 4.21. The van der Waals surface area contributed by atoms with E-state index >= 15 is 0 Å². The first-order valence-corrected chi connectivity index (χ1v) is 11.8. The second-order valence-electron chi connectivity index (χ2n) is 9.14. The molecule has 1 heterocycles. The van der Waals surface area contributed by atoms with Crippen molar-refractivity contribution in [1.82, 2.24) is 9.97 Å². The van der Waals surface area contributed by atoms with Crippen LogP contribution in [0.15, 0.2) is 66.7 Å². The summed E-state index contributed by atoms with van der Waals surface area (Å²) in [5.74, 6) is 1.55. The molecule has 3 N–H and O–H groups in total. The van der Waals surface area contributed by atoms with E-state index in [0.29, 0.717) is 5.95 Å². The highest BCUT2D eigenvalue weighted by molar-refractivity contribution is 6.03. The number of hydrogen-bond acceptors (Lipinski definition) is 5. The number of carbonyl (C=O) groups excluding carboxylic acids is 1. The van der Waals surface area contributed by atoms with E-state index in [4.69, 9.17) is 15.7 Å². The number of carbonyl (C=O) groups is 1. The number of urea groups is 1. The summed E-state index contributed by atoms with van der Waals surface area (Å²) in [5, 5.41) is 6.73. The number of para-hydroxylation sites is 1. The normalized spacial score (nSPS) is 18.1. The van der Waals surface area contributed by atoms with E-state index in [1.165, 1.54) is 0 Å². The van der Waals surface area contributed by atoms with Crippen LogP contribution in [0.2, 0.25) is 0 Å². The van der Waals surface area contributed by atoms with E-state index in [-0.39, 0.29) is 12.1 Å². The van der Waals surface area contributed by atoms with Crippen molar-refractivity contribution in [2.24, 2.45) is 5.73 Å². The summed E-state index contributed by atoms with van der Waals surface area (Å²) in [6.07, 6.45) is 3.54. The molecule has 174 valence electrons. The maximum Gasteiger partial charge on any atom is 0.319 e. The molecule has 0 spiro atoms. The number of aromatic nitrogens is 2. The molecule has 5 rings (SSSR count). The number of hydrogen-bond donors (Lipinski definition) is 2. The van der Waals surface area contributed by atoms with Crippen LogP contribution in [0.1, 0.15) is 25.7 Å². The fourth-order valence-corrected chi connectivity index (χ4v) is 5.04. The Hall–Kier alpha value is -3.87. The highest BCUT2D eigenvalue weighted by Gasteiger charge is 2.30. The summed E-state index contributed by atoms with van der Waals surface area (Å²) in [7, 11) is 3.99. The Morgan fingerprint density at radius 2 is 1.56 bits per heavy atom. The molecule has 0 radical (unpaired) electrons. The van der Waals surface area contributed by atoms with E-state index < -0.39 is 6.03 Å². The lowest BCUT2D eigenvalue weighted by Gasteiger charge is -2.36. The van der Waals surface area contributed by atoms with E-state index in [1.54, 1.807) is 4.90 Å². The van der Waals surface area contributed by atoms with Crippen molar-refractivity contribution < 1.29 is 4.79 Å². The lowest BCUT2D eigenvalue weighted by atomic mass is 9.89. The Bertz CT molecular complexity index is 1320. The van der Waals surface area contributed by atoms with Crippen molar-refractivity contribution in [3.63, 3.8) is 0 Å². The summed E-state index contributed by atoms with van der Waals surface area (Å²) in [6.45, 7) is 0. The van der Waals surface area contributed by atoms with Crippen molar-refractivity contribution in [2.75, 3.05) is 29.2 Å². The first-order chi connectivity index (χ1) is 16.5. The number of primary amides is 1. The largest absolute Gasteiger partial charge is 0.362 e. The Kier molecular flexibility index (Phi) is 5.92. The topological polar surface area (TPSA) is 87.4 Å². The SMILES string of the molecule is CN(C)c1nc(NC2CCC(N(C(N)=O)c3cccc4ccccc34)CC2)nc2ccccc12. The van der Waals surface area contributed by atoms with Gasteiger partial charge in [0.2, 0.25) is 5.95 Å². The van der Waals surface area contributed by atoms with Gasteiger partial charge in [0.05, 0.1) is 11.2 Å². The molecular weight excluding hydrogens is 424 g/mol. The van der Waals surface area contributed by atoms with Gasteiger partial charge in [0, 0.05) is 37.0 Å².